The molecule has 0 saturated carbocycles. The summed E-state index contributed by atoms with van der Waals surface area (Å²) in [5.41, 5.74) is 6.21. The molecular weight excluding hydrogens is 268 g/mol. The van der Waals surface area contributed by atoms with Gasteiger partial charge < -0.3 is 16.2 Å². The van der Waals surface area contributed by atoms with Gasteiger partial charge in [-0.3, -0.25) is 9.59 Å². The number of nitrogens with two attached hydrogens (primary N) is 1. The number of carbonyl (C=O) groups is 2. The first-order chi connectivity index (χ1) is 8.90. The van der Waals surface area contributed by atoms with Crippen LogP contribution in [0.25, 0.3) is 0 Å². The molecule has 5 nitrogen and oxygen atoms in total. The second-order valence-electron chi connectivity index (χ2n) is 4.48. The molecule has 1 aromatic carbocycles. The maximum absolute atomic E-state index is 11.0. The lowest BCUT2D eigenvalue weighted by Gasteiger charge is -2.14. The number of nitrogens with one attached hydrogen (secondary N) is 1. The summed E-state index contributed by atoms with van der Waals surface area (Å²) in [4.78, 5) is 21.4. The number of primary amides is 1. The van der Waals surface area contributed by atoms with E-state index in [4.69, 9.17) is 22.4 Å². The number of hydrogen-bond donors (Lipinski definition) is 3. The maximum atomic E-state index is 11.0. The van der Waals surface area contributed by atoms with Crippen molar-refractivity contribution >= 4 is 29.2 Å². The van der Waals surface area contributed by atoms with Crippen LogP contribution in [0.5, 0.6) is 0 Å². The van der Waals surface area contributed by atoms with E-state index in [1.54, 1.807) is 12.1 Å². The van der Waals surface area contributed by atoms with Gasteiger partial charge in [0.2, 0.25) is 5.91 Å². The lowest BCUT2D eigenvalue weighted by molar-refractivity contribution is -0.137. The number of aliphatic carboxylic acids is 1. The second kappa shape index (κ2) is 6.99. The highest BCUT2D eigenvalue weighted by Crippen LogP contribution is 2.23. The van der Waals surface area contributed by atoms with E-state index in [2.05, 4.69) is 5.32 Å². The van der Waals surface area contributed by atoms with Crippen LogP contribution in [0.4, 0.5) is 5.69 Å². The van der Waals surface area contributed by atoms with Gasteiger partial charge in [-0.2, -0.15) is 0 Å². The standard InChI is InChI=1S/C13H17ClN2O3/c1-8(2-5-12(17)18)7-16-11-4-3-9(13(15)19)6-10(11)14/h3-4,6,8,16H,2,5,7H2,1H3,(H2,15,19)(H,17,18). The van der Waals surface area contributed by atoms with E-state index in [1.807, 2.05) is 6.92 Å². The van der Waals surface area contributed by atoms with Crippen molar-refractivity contribution in [1.29, 1.82) is 0 Å². The average molecular weight is 285 g/mol. The molecule has 4 N–H and O–H groups in total. The predicted molar refractivity (Wildman–Crippen MR) is 74.5 cm³/mol. The Morgan fingerprint density at radius 2 is 2.16 bits per heavy atom. The van der Waals surface area contributed by atoms with Crippen LogP contribution >= 0.6 is 11.6 Å². The molecular formula is C13H17ClN2O3. The minimum Gasteiger partial charge on any atom is -0.481 e. The Balaban J connectivity index is 2.53. The summed E-state index contributed by atoms with van der Waals surface area (Å²) in [6.45, 7) is 2.57. The van der Waals surface area contributed by atoms with Gasteiger partial charge >= 0.3 is 5.97 Å². The van der Waals surface area contributed by atoms with Crippen molar-refractivity contribution in [3.63, 3.8) is 0 Å². The van der Waals surface area contributed by atoms with Gasteiger partial charge in [-0.1, -0.05) is 18.5 Å². The van der Waals surface area contributed by atoms with Gasteiger partial charge in [0.1, 0.15) is 0 Å². The normalized spacial score (nSPS) is 11.9. The summed E-state index contributed by atoms with van der Waals surface area (Å²) in [5.74, 6) is -1.11. The summed E-state index contributed by atoms with van der Waals surface area (Å²) in [6, 6.07) is 4.79. The summed E-state index contributed by atoms with van der Waals surface area (Å²) in [5, 5.41) is 12.1. The fraction of sp³-hybridized carbons (Fsp3) is 0.385. The van der Waals surface area contributed by atoms with E-state index in [-0.39, 0.29) is 12.3 Å². The topological polar surface area (TPSA) is 92.4 Å². The molecule has 0 aliphatic heterocycles. The number of carbonyl (C=O) groups excluding carboxylic acids is 1. The molecule has 0 radical (unpaired) electrons. The molecule has 0 fully saturated rings. The Morgan fingerprint density at radius 3 is 2.68 bits per heavy atom. The monoisotopic (exact) mass is 284 g/mol. The molecule has 0 aliphatic rings. The molecule has 1 rings (SSSR count). The van der Waals surface area contributed by atoms with Crippen molar-refractivity contribution < 1.29 is 14.7 Å². The number of amides is 1. The molecule has 1 unspecified atom stereocenters. The Morgan fingerprint density at radius 1 is 1.47 bits per heavy atom. The first kappa shape index (κ1) is 15.3. The molecule has 0 aliphatic carbocycles. The van der Waals surface area contributed by atoms with Crippen molar-refractivity contribution in [2.24, 2.45) is 11.7 Å². The van der Waals surface area contributed by atoms with Crippen molar-refractivity contribution in [2.75, 3.05) is 11.9 Å². The van der Waals surface area contributed by atoms with Crippen LogP contribution in [-0.4, -0.2) is 23.5 Å². The lowest BCUT2D eigenvalue weighted by atomic mass is 10.1. The van der Waals surface area contributed by atoms with Crippen LogP contribution in [0.3, 0.4) is 0 Å². The van der Waals surface area contributed by atoms with E-state index < -0.39 is 11.9 Å². The second-order valence-corrected chi connectivity index (χ2v) is 4.88. The van der Waals surface area contributed by atoms with Gasteiger partial charge in [-0.25, -0.2) is 0 Å². The zero-order chi connectivity index (χ0) is 14.4. The Hall–Kier alpha value is -1.75. The van der Waals surface area contributed by atoms with Crippen LogP contribution in [0.15, 0.2) is 18.2 Å². The fourth-order valence-electron chi connectivity index (χ4n) is 1.57. The number of benzene rings is 1. The van der Waals surface area contributed by atoms with Crippen molar-refractivity contribution in [3.05, 3.63) is 28.8 Å². The van der Waals surface area contributed by atoms with Crippen molar-refractivity contribution in [3.8, 4) is 0 Å². The zero-order valence-electron chi connectivity index (χ0n) is 10.6. The molecule has 0 bridgehead atoms. The number of carboxylic acid groups (broad SMARTS) is 1. The number of carboxylic acids is 1. The van der Waals surface area contributed by atoms with Gasteiger partial charge in [0.15, 0.2) is 0 Å². The number of hydrogen-bond acceptors (Lipinski definition) is 3. The summed E-state index contributed by atoms with van der Waals surface area (Å²) >= 11 is 6.02. The van der Waals surface area contributed by atoms with Gasteiger partial charge in [0.05, 0.1) is 10.7 Å². The molecule has 1 amide bonds. The van der Waals surface area contributed by atoms with Gasteiger partial charge in [-0.15, -0.1) is 0 Å². The summed E-state index contributed by atoms with van der Waals surface area (Å²) in [7, 11) is 0. The fourth-order valence-corrected chi connectivity index (χ4v) is 1.82. The van der Waals surface area contributed by atoms with Crippen LogP contribution in [0.1, 0.15) is 30.1 Å². The number of rotatable bonds is 7. The van der Waals surface area contributed by atoms with Gasteiger partial charge in [-0.05, 0) is 30.5 Å². The minimum absolute atomic E-state index is 0.150. The zero-order valence-corrected chi connectivity index (χ0v) is 11.4. The van der Waals surface area contributed by atoms with Gasteiger partial charge in [0.25, 0.3) is 0 Å². The molecule has 19 heavy (non-hydrogen) atoms. The largest absolute Gasteiger partial charge is 0.481 e. The van der Waals surface area contributed by atoms with Crippen LogP contribution < -0.4 is 11.1 Å². The highest BCUT2D eigenvalue weighted by molar-refractivity contribution is 6.33. The first-order valence-electron chi connectivity index (χ1n) is 5.95. The van der Waals surface area contributed by atoms with E-state index >= 15 is 0 Å². The third-order valence-electron chi connectivity index (χ3n) is 2.75. The Kier molecular flexibility index (Phi) is 5.63. The summed E-state index contributed by atoms with van der Waals surface area (Å²) in [6.07, 6.45) is 0.747. The number of halogens is 1. The first-order valence-corrected chi connectivity index (χ1v) is 6.33. The quantitative estimate of drug-likeness (QED) is 0.716. The summed E-state index contributed by atoms with van der Waals surface area (Å²) < 4.78 is 0. The highest BCUT2D eigenvalue weighted by Gasteiger charge is 2.08. The Labute approximate surface area is 116 Å². The maximum Gasteiger partial charge on any atom is 0.303 e. The third-order valence-corrected chi connectivity index (χ3v) is 3.06. The molecule has 1 aromatic rings. The highest BCUT2D eigenvalue weighted by atomic mass is 35.5. The smallest absolute Gasteiger partial charge is 0.303 e. The molecule has 1 atom stereocenters. The van der Waals surface area contributed by atoms with E-state index in [0.717, 1.165) is 0 Å². The minimum atomic E-state index is -0.796. The van der Waals surface area contributed by atoms with Gasteiger partial charge in [0, 0.05) is 18.5 Å². The van der Waals surface area contributed by atoms with Crippen LogP contribution in [0.2, 0.25) is 5.02 Å². The van der Waals surface area contributed by atoms with E-state index in [1.165, 1.54) is 6.07 Å². The van der Waals surface area contributed by atoms with E-state index in [9.17, 15) is 9.59 Å². The predicted octanol–water partition coefficient (Wildman–Crippen LogP) is 2.35. The molecule has 0 saturated heterocycles. The number of anilines is 1. The lowest BCUT2D eigenvalue weighted by Crippen LogP contribution is -2.14. The van der Waals surface area contributed by atoms with Crippen LogP contribution in [-0.2, 0) is 4.79 Å². The van der Waals surface area contributed by atoms with Crippen LogP contribution in [0, 0.1) is 5.92 Å². The SMILES string of the molecule is CC(CCC(=O)O)CNc1ccc(C(N)=O)cc1Cl. The molecule has 0 aromatic heterocycles. The molecule has 6 heteroatoms. The molecule has 0 heterocycles. The van der Waals surface area contributed by atoms with Crippen molar-refractivity contribution in [2.45, 2.75) is 19.8 Å². The van der Waals surface area contributed by atoms with E-state index in [0.29, 0.717) is 29.2 Å². The Bertz CT molecular complexity index is 477. The molecule has 0 spiro atoms. The average Bonchev–Trinajstić information content (AvgIpc) is 2.34. The van der Waals surface area contributed by atoms with Crippen molar-refractivity contribution in [1.82, 2.24) is 0 Å². The third kappa shape index (κ3) is 5.18. The molecule has 104 valence electrons.